The molecule has 21 heavy (non-hydrogen) atoms. The molecule has 108 valence electrons. The van der Waals surface area contributed by atoms with Gasteiger partial charge in [-0.1, -0.05) is 18.2 Å². The first-order chi connectivity index (χ1) is 10.3. The second kappa shape index (κ2) is 6.35. The lowest BCUT2D eigenvalue weighted by Gasteiger charge is -2.10. The molecule has 5 heteroatoms. The molecule has 0 aliphatic heterocycles. The summed E-state index contributed by atoms with van der Waals surface area (Å²) in [5.74, 6) is 0. The first-order valence-corrected chi connectivity index (χ1v) is 7.25. The molecule has 3 rings (SSSR count). The number of para-hydroxylation sites is 1. The number of nitrogens with one attached hydrogen (secondary N) is 1. The van der Waals surface area contributed by atoms with Crippen LogP contribution in [-0.2, 0) is 6.54 Å². The molecule has 2 aromatic heterocycles. The van der Waals surface area contributed by atoms with Gasteiger partial charge in [-0.25, -0.2) is 0 Å². The molecule has 2 heterocycles. The van der Waals surface area contributed by atoms with E-state index in [1.54, 1.807) is 12.7 Å². The first kappa shape index (κ1) is 13.5. The van der Waals surface area contributed by atoms with E-state index in [0.717, 1.165) is 37.1 Å². The summed E-state index contributed by atoms with van der Waals surface area (Å²) in [5, 5.41) is 12.3. The van der Waals surface area contributed by atoms with E-state index in [9.17, 15) is 0 Å². The minimum atomic E-state index is 0.954. The first-order valence-electron chi connectivity index (χ1n) is 7.25. The van der Waals surface area contributed by atoms with Gasteiger partial charge in [0, 0.05) is 30.4 Å². The van der Waals surface area contributed by atoms with E-state index < -0.39 is 0 Å². The Balaban J connectivity index is 1.57. The van der Waals surface area contributed by atoms with Gasteiger partial charge >= 0.3 is 0 Å². The number of fused-ring (bicyclic) bond motifs is 1. The molecule has 0 aliphatic carbocycles. The highest BCUT2D eigenvalue weighted by Crippen LogP contribution is 2.23. The molecule has 1 N–H and O–H groups in total. The smallest absolute Gasteiger partial charge is 0.119 e. The third-order valence-corrected chi connectivity index (χ3v) is 3.60. The van der Waals surface area contributed by atoms with Crippen molar-refractivity contribution in [3.05, 3.63) is 48.7 Å². The van der Waals surface area contributed by atoms with Crippen LogP contribution < -0.4 is 5.32 Å². The highest BCUT2D eigenvalue weighted by atomic mass is 15.2. The predicted octanol–water partition coefficient (Wildman–Crippen LogP) is 3.03. The van der Waals surface area contributed by atoms with Crippen LogP contribution in [0, 0.1) is 6.92 Å². The van der Waals surface area contributed by atoms with Crippen molar-refractivity contribution in [2.45, 2.75) is 26.3 Å². The summed E-state index contributed by atoms with van der Waals surface area (Å²) in [6.07, 6.45) is 7.59. The summed E-state index contributed by atoms with van der Waals surface area (Å²) in [5.41, 5.74) is 3.45. The highest BCUT2D eigenvalue weighted by molar-refractivity contribution is 5.92. The van der Waals surface area contributed by atoms with Gasteiger partial charge in [-0.15, -0.1) is 10.2 Å². The van der Waals surface area contributed by atoms with Crippen LogP contribution in [0.15, 0.2) is 43.1 Å². The SMILES string of the molecule is Cc1cccc2c(NCCCCn3cnnc3)ccnc12. The van der Waals surface area contributed by atoms with Gasteiger partial charge in [0.25, 0.3) is 0 Å². The molecule has 0 spiro atoms. The zero-order valence-corrected chi connectivity index (χ0v) is 12.2. The summed E-state index contributed by atoms with van der Waals surface area (Å²) >= 11 is 0. The predicted molar refractivity (Wildman–Crippen MR) is 84.2 cm³/mol. The Bertz CT molecular complexity index is 706. The molecule has 0 radical (unpaired) electrons. The number of aromatic nitrogens is 4. The molecule has 0 aliphatic rings. The number of rotatable bonds is 6. The van der Waals surface area contributed by atoms with E-state index in [4.69, 9.17) is 0 Å². The average Bonchev–Trinajstić information content (AvgIpc) is 3.01. The maximum atomic E-state index is 4.46. The third-order valence-electron chi connectivity index (χ3n) is 3.60. The summed E-state index contributed by atoms with van der Waals surface area (Å²) in [6.45, 7) is 4.01. The van der Waals surface area contributed by atoms with Crippen LogP contribution in [0.3, 0.4) is 0 Å². The number of pyridine rings is 1. The molecule has 1 aromatic carbocycles. The standard InChI is InChI=1S/C16H19N5/c1-13-5-4-6-14-15(7-9-18-16(13)14)17-8-2-3-10-21-11-19-20-12-21/h4-7,9,11-12H,2-3,8,10H2,1H3,(H,17,18). The van der Waals surface area contributed by atoms with E-state index in [0.29, 0.717) is 0 Å². The quantitative estimate of drug-likeness (QED) is 0.706. The second-order valence-electron chi connectivity index (χ2n) is 5.16. The Morgan fingerprint density at radius 3 is 2.81 bits per heavy atom. The molecule has 0 saturated heterocycles. The highest BCUT2D eigenvalue weighted by Gasteiger charge is 2.03. The maximum Gasteiger partial charge on any atom is 0.119 e. The van der Waals surface area contributed by atoms with Crippen LogP contribution in [0.5, 0.6) is 0 Å². The maximum absolute atomic E-state index is 4.46. The van der Waals surface area contributed by atoms with Gasteiger partial charge in [-0.2, -0.15) is 0 Å². The molecule has 0 unspecified atom stereocenters. The Hall–Kier alpha value is -2.43. The van der Waals surface area contributed by atoms with Crippen molar-refractivity contribution < 1.29 is 0 Å². The van der Waals surface area contributed by atoms with E-state index in [1.165, 1.54) is 10.9 Å². The molecule has 5 nitrogen and oxygen atoms in total. The molecular weight excluding hydrogens is 262 g/mol. The van der Waals surface area contributed by atoms with Gasteiger partial charge in [-0.3, -0.25) is 4.98 Å². The molecule has 0 saturated carbocycles. The Morgan fingerprint density at radius 1 is 1.10 bits per heavy atom. The van der Waals surface area contributed by atoms with Crippen molar-refractivity contribution in [2.24, 2.45) is 0 Å². The lowest BCUT2D eigenvalue weighted by Crippen LogP contribution is -2.04. The van der Waals surface area contributed by atoms with Gasteiger partial charge in [0.2, 0.25) is 0 Å². The summed E-state index contributed by atoms with van der Waals surface area (Å²) < 4.78 is 2.01. The van der Waals surface area contributed by atoms with E-state index in [1.807, 2.05) is 16.8 Å². The van der Waals surface area contributed by atoms with Crippen molar-refractivity contribution >= 4 is 16.6 Å². The van der Waals surface area contributed by atoms with Gasteiger partial charge in [0.1, 0.15) is 12.7 Å². The fourth-order valence-corrected chi connectivity index (χ4v) is 2.46. The normalized spacial score (nSPS) is 10.9. The molecular formula is C16H19N5. The number of hydrogen-bond acceptors (Lipinski definition) is 4. The van der Waals surface area contributed by atoms with Crippen molar-refractivity contribution in [1.29, 1.82) is 0 Å². The lowest BCUT2D eigenvalue weighted by atomic mass is 10.1. The van der Waals surface area contributed by atoms with E-state index in [2.05, 4.69) is 45.6 Å². The zero-order valence-electron chi connectivity index (χ0n) is 12.2. The van der Waals surface area contributed by atoms with Crippen LogP contribution >= 0.6 is 0 Å². The Labute approximate surface area is 124 Å². The summed E-state index contributed by atoms with van der Waals surface area (Å²) in [7, 11) is 0. The van der Waals surface area contributed by atoms with Crippen molar-refractivity contribution in [3.63, 3.8) is 0 Å². The number of unbranched alkanes of at least 4 members (excludes halogenated alkanes) is 1. The number of benzene rings is 1. The van der Waals surface area contributed by atoms with Crippen LogP contribution in [-0.4, -0.2) is 26.3 Å². The van der Waals surface area contributed by atoms with Crippen molar-refractivity contribution in [1.82, 2.24) is 19.7 Å². The van der Waals surface area contributed by atoms with Gasteiger partial charge < -0.3 is 9.88 Å². The van der Waals surface area contributed by atoms with Gasteiger partial charge in [0.05, 0.1) is 5.52 Å². The number of aryl methyl sites for hydroxylation is 2. The Kier molecular flexibility index (Phi) is 4.09. The fourth-order valence-electron chi connectivity index (χ4n) is 2.46. The second-order valence-corrected chi connectivity index (χ2v) is 5.16. The van der Waals surface area contributed by atoms with Crippen LogP contribution in [0.4, 0.5) is 5.69 Å². The van der Waals surface area contributed by atoms with Crippen LogP contribution in [0.2, 0.25) is 0 Å². The summed E-state index contributed by atoms with van der Waals surface area (Å²) in [4.78, 5) is 4.46. The van der Waals surface area contributed by atoms with Crippen molar-refractivity contribution in [3.8, 4) is 0 Å². The monoisotopic (exact) mass is 281 g/mol. The molecule has 0 atom stereocenters. The average molecular weight is 281 g/mol. The molecule has 0 bridgehead atoms. The third kappa shape index (κ3) is 3.18. The van der Waals surface area contributed by atoms with Crippen LogP contribution in [0.1, 0.15) is 18.4 Å². The van der Waals surface area contributed by atoms with E-state index in [-0.39, 0.29) is 0 Å². The molecule has 0 fully saturated rings. The van der Waals surface area contributed by atoms with E-state index >= 15 is 0 Å². The number of anilines is 1. The van der Waals surface area contributed by atoms with Crippen molar-refractivity contribution in [2.75, 3.05) is 11.9 Å². The summed E-state index contributed by atoms with van der Waals surface area (Å²) in [6, 6.07) is 8.34. The Morgan fingerprint density at radius 2 is 1.95 bits per heavy atom. The van der Waals surface area contributed by atoms with Gasteiger partial charge in [-0.05, 0) is 31.4 Å². The molecule has 3 aromatic rings. The van der Waals surface area contributed by atoms with Crippen LogP contribution in [0.25, 0.3) is 10.9 Å². The minimum absolute atomic E-state index is 0.954. The largest absolute Gasteiger partial charge is 0.384 e. The van der Waals surface area contributed by atoms with Gasteiger partial charge in [0.15, 0.2) is 0 Å². The fraction of sp³-hybridized carbons (Fsp3) is 0.312. The molecule has 0 amide bonds. The topological polar surface area (TPSA) is 55.6 Å². The zero-order chi connectivity index (χ0) is 14.5. The number of hydrogen-bond donors (Lipinski definition) is 1. The number of nitrogens with zero attached hydrogens (tertiary/aromatic N) is 4. The lowest BCUT2D eigenvalue weighted by molar-refractivity contribution is 0.619. The minimum Gasteiger partial charge on any atom is -0.384 e.